The van der Waals surface area contributed by atoms with Gasteiger partial charge in [-0.3, -0.25) is 4.57 Å². The van der Waals surface area contributed by atoms with Crippen molar-refractivity contribution < 1.29 is 9.18 Å². The molecule has 7 heteroatoms. The molecule has 0 saturated heterocycles. The molecule has 2 heterocycles. The standard InChI is InChI=1S/C19H20FN5O/c1-24(13-15-5-7-16(20)8-6-15)19(26)22-10-9-17-3-2-4-18(23-17)25-12-11-21-14-25/h2-8,11-12,14H,9-10,13H2,1H3,(H,22,26). The van der Waals surface area contributed by atoms with Gasteiger partial charge in [-0.05, 0) is 29.8 Å². The molecule has 2 amide bonds. The highest BCUT2D eigenvalue weighted by molar-refractivity contribution is 5.73. The van der Waals surface area contributed by atoms with Crippen LogP contribution >= 0.6 is 0 Å². The lowest BCUT2D eigenvalue weighted by molar-refractivity contribution is 0.207. The van der Waals surface area contributed by atoms with Gasteiger partial charge in [-0.15, -0.1) is 0 Å². The Bertz CT molecular complexity index is 849. The number of nitrogens with zero attached hydrogens (tertiary/aromatic N) is 4. The summed E-state index contributed by atoms with van der Waals surface area (Å²) >= 11 is 0. The van der Waals surface area contributed by atoms with Crippen LogP contribution in [0.15, 0.2) is 61.2 Å². The highest BCUT2D eigenvalue weighted by Crippen LogP contribution is 2.07. The highest BCUT2D eigenvalue weighted by Gasteiger charge is 2.09. The minimum absolute atomic E-state index is 0.180. The van der Waals surface area contributed by atoms with Gasteiger partial charge in [-0.1, -0.05) is 18.2 Å². The second kappa shape index (κ2) is 8.24. The summed E-state index contributed by atoms with van der Waals surface area (Å²) in [7, 11) is 1.70. The average Bonchev–Trinajstić information content (AvgIpc) is 3.18. The first-order valence-corrected chi connectivity index (χ1v) is 8.29. The molecule has 0 aliphatic heterocycles. The maximum atomic E-state index is 12.9. The lowest BCUT2D eigenvalue weighted by Crippen LogP contribution is -2.37. The van der Waals surface area contributed by atoms with Crippen LogP contribution in [0.2, 0.25) is 0 Å². The monoisotopic (exact) mass is 353 g/mol. The third-order valence-corrected chi connectivity index (χ3v) is 3.90. The maximum absolute atomic E-state index is 12.9. The number of amides is 2. The van der Waals surface area contributed by atoms with Gasteiger partial charge in [0.1, 0.15) is 18.0 Å². The summed E-state index contributed by atoms with van der Waals surface area (Å²) in [6.07, 6.45) is 5.85. The van der Waals surface area contributed by atoms with Crippen molar-refractivity contribution >= 4 is 6.03 Å². The number of benzene rings is 1. The smallest absolute Gasteiger partial charge is 0.317 e. The van der Waals surface area contributed by atoms with Crippen LogP contribution in [0.5, 0.6) is 0 Å². The van der Waals surface area contributed by atoms with E-state index in [1.165, 1.54) is 12.1 Å². The molecule has 2 aromatic heterocycles. The maximum Gasteiger partial charge on any atom is 0.317 e. The number of pyridine rings is 1. The topological polar surface area (TPSA) is 63.1 Å². The van der Waals surface area contributed by atoms with Crippen LogP contribution in [-0.4, -0.2) is 39.1 Å². The van der Waals surface area contributed by atoms with E-state index in [-0.39, 0.29) is 11.8 Å². The molecule has 0 atom stereocenters. The van der Waals surface area contributed by atoms with Crippen molar-refractivity contribution in [2.24, 2.45) is 0 Å². The Morgan fingerprint density at radius 3 is 2.77 bits per heavy atom. The number of hydrogen-bond donors (Lipinski definition) is 1. The molecule has 0 spiro atoms. The Morgan fingerprint density at radius 1 is 1.23 bits per heavy atom. The van der Waals surface area contributed by atoms with E-state index in [0.717, 1.165) is 17.1 Å². The molecule has 3 rings (SSSR count). The average molecular weight is 353 g/mol. The highest BCUT2D eigenvalue weighted by atomic mass is 19.1. The zero-order valence-corrected chi connectivity index (χ0v) is 14.5. The molecule has 0 fully saturated rings. The zero-order valence-electron chi connectivity index (χ0n) is 14.5. The number of aromatic nitrogens is 3. The molecule has 0 aliphatic rings. The van der Waals surface area contributed by atoms with E-state index in [4.69, 9.17) is 0 Å². The quantitative estimate of drug-likeness (QED) is 0.741. The first kappa shape index (κ1) is 17.6. The second-order valence-electron chi connectivity index (χ2n) is 5.92. The second-order valence-corrected chi connectivity index (χ2v) is 5.92. The van der Waals surface area contributed by atoms with Gasteiger partial charge in [0.2, 0.25) is 0 Å². The summed E-state index contributed by atoms with van der Waals surface area (Å²) in [6, 6.07) is 11.7. The van der Waals surface area contributed by atoms with E-state index in [0.29, 0.717) is 19.5 Å². The number of hydrogen-bond acceptors (Lipinski definition) is 3. The molecule has 0 bridgehead atoms. The zero-order chi connectivity index (χ0) is 18.4. The first-order valence-electron chi connectivity index (χ1n) is 8.29. The van der Waals surface area contributed by atoms with Gasteiger partial charge in [0, 0.05) is 44.6 Å². The minimum atomic E-state index is -0.286. The van der Waals surface area contributed by atoms with Crippen LogP contribution < -0.4 is 5.32 Å². The van der Waals surface area contributed by atoms with Gasteiger partial charge in [0.25, 0.3) is 0 Å². The molecule has 26 heavy (non-hydrogen) atoms. The van der Waals surface area contributed by atoms with Crippen LogP contribution in [0.1, 0.15) is 11.3 Å². The SMILES string of the molecule is CN(Cc1ccc(F)cc1)C(=O)NCCc1cccc(-n2ccnc2)n1. The van der Waals surface area contributed by atoms with Gasteiger partial charge >= 0.3 is 6.03 Å². The van der Waals surface area contributed by atoms with Gasteiger partial charge in [-0.25, -0.2) is 19.2 Å². The third kappa shape index (κ3) is 4.66. The molecular weight excluding hydrogens is 333 g/mol. The summed E-state index contributed by atoms with van der Waals surface area (Å²) in [6.45, 7) is 0.896. The number of urea groups is 1. The molecule has 3 aromatic rings. The van der Waals surface area contributed by atoms with Crippen LogP contribution in [0, 0.1) is 5.82 Å². The van der Waals surface area contributed by atoms with Crippen LogP contribution in [0.25, 0.3) is 5.82 Å². The molecule has 0 radical (unpaired) electrons. The number of nitrogens with one attached hydrogen (secondary N) is 1. The van der Waals surface area contributed by atoms with E-state index in [2.05, 4.69) is 15.3 Å². The van der Waals surface area contributed by atoms with Crippen molar-refractivity contribution in [3.05, 3.63) is 78.3 Å². The number of rotatable bonds is 6. The summed E-state index contributed by atoms with van der Waals surface area (Å²) in [5.74, 6) is 0.506. The molecule has 6 nitrogen and oxygen atoms in total. The summed E-state index contributed by atoms with van der Waals surface area (Å²) in [4.78, 5) is 22.3. The van der Waals surface area contributed by atoms with Gasteiger partial charge < -0.3 is 10.2 Å². The summed E-state index contributed by atoms with van der Waals surface area (Å²) in [5, 5.41) is 2.87. The van der Waals surface area contributed by atoms with E-state index in [9.17, 15) is 9.18 Å². The Morgan fingerprint density at radius 2 is 2.04 bits per heavy atom. The first-order chi connectivity index (χ1) is 12.6. The third-order valence-electron chi connectivity index (χ3n) is 3.90. The van der Waals surface area contributed by atoms with Crippen molar-refractivity contribution in [2.75, 3.05) is 13.6 Å². The van der Waals surface area contributed by atoms with E-state index in [1.807, 2.05) is 29.0 Å². The predicted octanol–water partition coefficient (Wildman–Crippen LogP) is 2.79. The largest absolute Gasteiger partial charge is 0.338 e. The predicted molar refractivity (Wildman–Crippen MR) is 96.3 cm³/mol. The van der Waals surface area contributed by atoms with Crippen molar-refractivity contribution in [1.29, 1.82) is 0 Å². The van der Waals surface area contributed by atoms with Crippen molar-refractivity contribution in [1.82, 2.24) is 24.8 Å². The normalized spacial score (nSPS) is 10.5. The Kier molecular flexibility index (Phi) is 5.58. The Labute approximate surface area is 151 Å². The fraction of sp³-hybridized carbons (Fsp3) is 0.211. The molecule has 0 aliphatic carbocycles. The van der Waals surface area contributed by atoms with Gasteiger partial charge in [-0.2, -0.15) is 0 Å². The van der Waals surface area contributed by atoms with E-state index >= 15 is 0 Å². The van der Waals surface area contributed by atoms with Gasteiger partial charge in [0.15, 0.2) is 0 Å². The van der Waals surface area contributed by atoms with Gasteiger partial charge in [0.05, 0.1) is 0 Å². The molecule has 134 valence electrons. The van der Waals surface area contributed by atoms with E-state index in [1.54, 1.807) is 36.6 Å². The summed E-state index contributed by atoms with van der Waals surface area (Å²) < 4.78 is 14.8. The molecule has 0 saturated carbocycles. The lowest BCUT2D eigenvalue weighted by atomic mass is 10.2. The number of imidazole rings is 1. The Hall–Kier alpha value is -3.22. The van der Waals surface area contributed by atoms with Crippen molar-refractivity contribution in [3.63, 3.8) is 0 Å². The lowest BCUT2D eigenvalue weighted by Gasteiger charge is -2.18. The molecule has 1 aromatic carbocycles. The number of halogens is 1. The minimum Gasteiger partial charge on any atom is -0.338 e. The Balaban J connectivity index is 1.49. The fourth-order valence-electron chi connectivity index (χ4n) is 2.51. The van der Waals surface area contributed by atoms with Crippen molar-refractivity contribution in [2.45, 2.75) is 13.0 Å². The molecule has 0 unspecified atom stereocenters. The number of carbonyl (C=O) groups is 1. The fourth-order valence-corrected chi connectivity index (χ4v) is 2.51. The van der Waals surface area contributed by atoms with Crippen molar-refractivity contribution in [3.8, 4) is 5.82 Å². The number of carbonyl (C=O) groups excluding carboxylic acids is 1. The molecular formula is C19H20FN5O. The van der Waals surface area contributed by atoms with Crippen LogP contribution in [-0.2, 0) is 13.0 Å². The van der Waals surface area contributed by atoms with Crippen LogP contribution in [0.4, 0.5) is 9.18 Å². The summed E-state index contributed by atoms with van der Waals surface area (Å²) in [5.41, 5.74) is 1.76. The van der Waals surface area contributed by atoms with Crippen LogP contribution in [0.3, 0.4) is 0 Å². The molecule has 1 N–H and O–H groups in total. The van der Waals surface area contributed by atoms with E-state index < -0.39 is 0 Å².